The average Bonchev–Trinajstić information content (AvgIpc) is 3.00. The van der Waals surface area contributed by atoms with Gasteiger partial charge in [-0.15, -0.1) is 0 Å². The van der Waals surface area contributed by atoms with E-state index < -0.39 is 0 Å². The van der Waals surface area contributed by atoms with Gasteiger partial charge in [-0.25, -0.2) is 0 Å². The Labute approximate surface area is 120 Å². The van der Waals surface area contributed by atoms with Crippen molar-refractivity contribution in [1.82, 2.24) is 10.2 Å². The maximum absolute atomic E-state index is 11.6. The van der Waals surface area contributed by atoms with Crippen LogP contribution >= 0.6 is 0 Å². The first-order valence-corrected chi connectivity index (χ1v) is 8.50. The standard InChI is InChI=1S/C13H14N2O3Te/c16-11(4-3-10-2-1-9-19-10)14-7-8-15-12(17)5-6-13(15)18/h1-2,5-6,9H,3-4,7-8H2,(H,14,16). The number of hydrogen-bond donors (Lipinski definition) is 1. The molecule has 0 spiro atoms. The summed E-state index contributed by atoms with van der Waals surface area (Å²) < 4.78 is 3.57. The quantitative estimate of drug-likeness (QED) is 0.551. The molecule has 0 aliphatic carbocycles. The van der Waals surface area contributed by atoms with Gasteiger partial charge in [-0.05, 0) is 0 Å². The van der Waals surface area contributed by atoms with Crippen LogP contribution in [-0.4, -0.2) is 56.1 Å². The van der Waals surface area contributed by atoms with Gasteiger partial charge in [0.05, 0.1) is 0 Å². The number of carbonyl (C=O) groups is 3. The summed E-state index contributed by atoms with van der Waals surface area (Å²) in [7, 11) is 0. The number of nitrogens with zero attached hydrogens (tertiary/aromatic N) is 1. The molecule has 0 aromatic carbocycles. The molecule has 1 aliphatic heterocycles. The van der Waals surface area contributed by atoms with E-state index in [-0.39, 0.29) is 44.7 Å². The minimum atomic E-state index is -0.313. The van der Waals surface area contributed by atoms with E-state index in [0.717, 1.165) is 11.3 Å². The second-order valence-corrected chi connectivity index (χ2v) is 7.04. The Balaban J connectivity index is 1.64. The first-order chi connectivity index (χ1) is 9.16. The summed E-state index contributed by atoms with van der Waals surface area (Å²) >= 11 is -0.162. The Hall–Kier alpha value is -1.38. The van der Waals surface area contributed by atoms with E-state index in [1.165, 1.54) is 15.7 Å². The van der Waals surface area contributed by atoms with Gasteiger partial charge in [0.1, 0.15) is 0 Å². The molecule has 0 saturated heterocycles. The average molecular weight is 374 g/mol. The fourth-order valence-electron chi connectivity index (χ4n) is 1.74. The van der Waals surface area contributed by atoms with Crippen LogP contribution in [0.4, 0.5) is 0 Å². The van der Waals surface area contributed by atoms with Gasteiger partial charge in [-0.2, -0.15) is 0 Å². The molecule has 0 unspecified atom stereocenters. The zero-order valence-corrected chi connectivity index (χ0v) is 12.6. The second kappa shape index (κ2) is 6.69. The van der Waals surface area contributed by atoms with E-state index in [9.17, 15) is 14.4 Å². The maximum atomic E-state index is 11.6. The molecule has 6 heteroatoms. The number of hydrogen-bond acceptors (Lipinski definition) is 3. The first-order valence-electron chi connectivity index (χ1n) is 5.99. The molecule has 0 fully saturated rings. The van der Waals surface area contributed by atoms with Gasteiger partial charge in [0, 0.05) is 0 Å². The predicted octanol–water partition coefficient (Wildman–Crippen LogP) is -0.283. The molecule has 2 heterocycles. The molecule has 0 radical (unpaired) electrons. The zero-order valence-electron chi connectivity index (χ0n) is 10.3. The van der Waals surface area contributed by atoms with E-state index in [2.05, 4.69) is 15.5 Å². The summed E-state index contributed by atoms with van der Waals surface area (Å²) in [4.78, 5) is 35.2. The zero-order chi connectivity index (χ0) is 13.7. The Morgan fingerprint density at radius 2 is 2.00 bits per heavy atom. The molecule has 5 nitrogen and oxygen atoms in total. The van der Waals surface area contributed by atoms with Gasteiger partial charge in [0.25, 0.3) is 0 Å². The first kappa shape index (κ1) is 14.0. The monoisotopic (exact) mass is 376 g/mol. The summed E-state index contributed by atoms with van der Waals surface area (Å²) in [6.07, 6.45) is 3.77. The van der Waals surface area contributed by atoms with Crippen LogP contribution in [0.25, 0.3) is 0 Å². The third-order valence-electron chi connectivity index (χ3n) is 2.74. The van der Waals surface area contributed by atoms with Crippen LogP contribution in [0.3, 0.4) is 0 Å². The van der Waals surface area contributed by atoms with Gasteiger partial charge in [-0.3, -0.25) is 0 Å². The molecular formula is C13H14N2O3Te. The van der Waals surface area contributed by atoms with E-state index in [4.69, 9.17) is 0 Å². The van der Waals surface area contributed by atoms with Crippen molar-refractivity contribution < 1.29 is 14.4 Å². The third-order valence-corrected chi connectivity index (χ3v) is 5.41. The van der Waals surface area contributed by atoms with Gasteiger partial charge in [0.2, 0.25) is 0 Å². The summed E-state index contributed by atoms with van der Waals surface area (Å²) in [5.74, 6) is -0.661. The van der Waals surface area contributed by atoms with Crippen LogP contribution in [0.1, 0.15) is 10.0 Å². The van der Waals surface area contributed by atoms with Crippen LogP contribution in [-0.2, 0) is 20.8 Å². The van der Waals surface area contributed by atoms with Crippen molar-refractivity contribution in [3.8, 4) is 0 Å². The van der Waals surface area contributed by atoms with Crippen molar-refractivity contribution in [2.75, 3.05) is 13.1 Å². The molecular weight excluding hydrogens is 360 g/mol. The van der Waals surface area contributed by atoms with Crippen molar-refractivity contribution >= 4 is 38.2 Å². The van der Waals surface area contributed by atoms with Gasteiger partial charge >= 0.3 is 121 Å². The van der Waals surface area contributed by atoms with Crippen molar-refractivity contribution in [3.05, 3.63) is 31.9 Å². The normalized spacial score (nSPS) is 14.2. The Kier molecular flexibility index (Phi) is 4.94. The molecule has 0 bridgehead atoms. The molecule has 100 valence electrons. The van der Waals surface area contributed by atoms with Gasteiger partial charge in [-0.1, -0.05) is 0 Å². The van der Waals surface area contributed by atoms with E-state index in [1.807, 2.05) is 6.07 Å². The Bertz CT molecular complexity index is 490. The van der Waals surface area contributed by atoms with Crippen LogP contribution in [0.5, 0.6) is 0 Å². The second-order valence-electron chi connectivity index (χ2n) is 4.09. The van der Waals surface area contributed by atoms with E-state index >= 15 is 0 Å². The predicted molar refractivity (Wildman–Crippen MR) is 70.6 cm³/mol. The molecule has 1 aromatic heterocycles. The van der Waals surface area contributed by atoms with E-state index in [0.29, 0.717) is 13.0 Å². The topological polar surface area (TPSA) is 66.5 Å². The number of imide groups is 1. The summed E-state index contributed by atoms with van der Waals surface area (Å²) in [6, 6.07) is 4.13. The Morgan fingerprint density at radius 3 is 2.63 bits per heavy atom. The van der Waals surface area contributed by atoms with Crippen molar-refractivity contribution in [2.45, 2.75) is 12.8 Å². The molecule has 3 amide bonds. The van der Waals surface area contributed by atoms with Crippen LogP contribution in [0.2, 0.25) is 0 Å². The van der Waals surface area contributed by atoms with Crippen LogP contribution in [0, 0.1) is 0 Å². The van der Waals surface area contributed by atoms with Crippen molar-refractivity contribution in [1.29, 1.82) is 0 Å². The van der Waals surface area contributed by atoms with Crippen LogP contribution < -0.4 is 5.32 Å². The molecule has 2 rings (SSSR count). The number of carbonyl (C=O) groups excluding carboxylic acids is 3. The molecule has 1 aromatic rings. The van der Waals surface area contributed by atoms with Crippen molar-refractivity contribution in [2.24, 2.45) is 0 Å². The minimum absolute atomic E-state index is 0.0349. The number of nitrogens with one attached hydrogen (secondary N) is 1. The molecule has 1 N–H and O–H groups in total. The fourth-order valence-corrected chi connectivity index (χ4v) is 3.76. The van der Waals surface area contributed by atoms with Crippen LogP contribution in [0.15, 0.2) is 28.4 Å². The molecule has 19 heavy (non-hydrogen) atoms. The summed E-state index contributed by atoms with van der Waals surface area (Å²) in [6.45, 7) is 0.542. The summed E-state index contributed by atoms with van der Waals surface area (Å²) in [5.41, 5.74) is 0. The SMILES string of the molecule is O=C(CCc1ccc[te]1)NCCN1C(=O)C=CC1=O. The summed E-state index contributed by atoms with van der Waals surface area (Å²) in [5, 5.41) is 2.73. The number of amides is 3. The molecule has 1 aliphatic rings. The number of rotatable bonds is 6. The number of aryl methyl sites for hydroxylation is 1. The molecule has 0 saturated carbocycles. The fraction of sp³-hybridized carbons (Fsp3) is 0.308. The Morgan fingerprint density at radius 1 is 1.26 bits per heavy atom. The van der Waals surface area contributed by atoms with Gasteiger partial charge in [0.15, 0.2) is 0 Å². The van der Waals surface area contributed by atoms with Crippen molar-refractivity contribution in [3.63, 3.8) is 0 Å². The third kappa shape index (κ3) is 4.05. The van der Waals surface area contributed by atoms with Gasteiger partial charge < -0.3 is 0 Å². The molecule has 0 atom stereocenters. The van der Waals surface area contributed by atoms with E-state index in [1.54, 1.807) is 0 Å².